The fourth-order valence-electron chi connectivity index (χ4n) is 1.96. The highest BCUT2D eigenvalue weighted by Crippen LogP contribution is 2.27. The number of hydrogen-bond acceptors (Lipinski definition) is 2. The predicted molar refractivity (Wildman–Crippen MR) is 54.0 cm³/mol. The maximum absolute atomic E-state index is 4.35. The molecule has 0 saturated heterocycles. The molecular formula is C10H17N3. The van der Waals surface area contributed by atoms with Gasteiger partial charge in [-0.2, -0.15) is 5.10 Å². The molecule has 1 aromatic rings. The highest BCUT2D eigenvalue weighted by atomic mass is 15.4. The second-order valence-corrected chi connectivity index (χ2v) is 4.06. The van der Waals surface area contributed by atoms with E-state index < -0.39 is 0 Å². The average molecular weight is 179 g/mol. The van der Waals surface area contributed by atoms with Crippen LogP contribution in [0.2, 0.25) is 0 Å². The Morgan fingerprint density at radius 2 is 2.31 bits per heavy atom. The summed E-state index contributed by atoms with van der Waals surface area (Å²) in [6.07, 6.45) is 3.10. The first-order valence-electron chi connectivity index (χ1n) is 5.00. The molecule has 0 unspecified atom stereocenters. The minimum Gasteiger partial charge on any atom is -0.354 e. The van der Waals surface area contributed by atoms with Crippen molar-refractivity contribution in [2.24, 2.45) is 0 Å². The van der Waals surface area contributed by atoms with Gasteiger partial charge in [0, 0.05) is 18.7 Å². The molecule has 0 aliphatic carbocycles. The third-order valence-corrected chi connectivity index (χ3v) is 2.77. The Morgan fingerprint density at radius 3 is 3.00 bits per heavy atom. The Morgan fingerprint density at radius 1 is 1.54 bits per heavy atom. The Balaban J connectivity index is 2.35. The van der Waals surface area contributed by atoms with E-state index in [-0.39, 0.29) is 0 Å². The third kappa shape index (κ3) is 1.32. The van der Waals surface area contributed by atoms with Gasteiger partial charge < -0.3 is 4.90 Å². The van der Waals surface area contributed by atoms with Crippen LogP contribution in [0, 0.1) is 0 Å². The number of rotatable bonds is 1. The molecule has 13 heavy (non-hydrogen) atoms. The summed E-state index contributed by atoms with van der Waals surface area (Å²) in [5.41, 5.74) is 0. The van der Waals surface area contributed by atoms with Gasteiger partial charge in [-0.3, -0.25) is 0 Å². The van der Waals surface area contributed by atoms with Crippen LogP contribution in [-0.4, -0.2) is 22.4 Å². The van der Waals surface area contributed by atoms with Gasteiger partial charge in [-0.1, -0.05) is 0 Å². The SMILES string of the molecule is CC(C)N1CC[C@@H](C)n2nccc21. The van der Waals surface area contributed by atoms with Gasteiger partial charge in [0.05, 0.1) is 12.2 Å². The summed E-state index contributed by atoms with van der Waals surface area (Å²) in [4.78, 5) is 2.41. The van der Waals surface area contributed by atoms with Crippen LogP contribution in [0.3, 0.4) is 0 Å². The van der Waals surface area contributed by atoms with Crippen molar-refractivity contribution in [1.29, 1.82) is 0 Å². The van der Waals surface area contributed by atoms with Gasteiger partial charge in [0.15, 0.2) is 0 Å². The van der Waals surface area contributed by atoms with Gasteiger partial charge in [0.1, 0.15) is 5.82 Å². The van der Waals surface area contributed by atoms with Crippen LogP contribution in [0.1, 0.15) is 33.2 Å². The molecule has 2 heterocycles. The predicted octanol–water partition coefficient (Wildman–Crippen LogP) is 2.06. The first kappa shape index (κ1) is 8.60. The summed E-state index contributed by atoms with van der Waals surface area (Å²) in [5, 5.41) is 4.35. The van der Waals surface area contributed by atoms with Crippen molar-refractivity contribution in [3.63, 3.8) is 0 Å². The van der Waals surface area contributed by atoms with Crippen LogP contribution >= 0.6 is 0 Å². The summed E-state index contributed by atoms with van der Waals surface area (Å²) in [6, 6.07) is 3.23. The van der Waals surface area contributed by atoms with Gasteiger partial charge in [-0.25, -0.2) is 4.68 Å². The number of hydrogen-bond donors (Lipinski definition) is 0. The van der Waals surface area contributed by atoms with E-state index in [0.717, 1.165) is 6.54 Å². The van der Waals surface area contributed by atoms with Gasteiger partial charge in [0.25, 0.3) is 0 Å². The Labute approximate surface area is 79.3 Å². The van der Waals surface area contributed by atoms with Crippen molar-refractivity contribution in [2.45, 2.75) is 39.3 Å². The van der Waals surface area contributed by atoms with Crippen molar-refractivity contribution in [1.82, 2.24) is 9.78 Å². The normalized spacial score (nSPS) is 22.2. The molecule has 0 amide bonds. The molecule has 72 valence electrons. The molecule has 1 aromatic heterocycles. The molecule has 0 bridgehead atoms. The maximum Gasteiger partial charge on any atom is 0.127 e. The fraction of sp³-hybridized carbons (Fsp3) is 0.700. The smallest absolute Gasteiger partial charge is 0.127 e. The molecule has 0 N–H and O–H groups in total. The highest BCUT2D eigenvalue weighted by molar-refractivity contribution is 5.41. The van der Waals surface area contributed by atoms with Gasteiger partial charge >= 0.3 is 0 Å². The fourth-order valence-corrected chi connectivity index (χ4v) is 1.96. The van der Waals surface area contributed by atoms with Crippen molar-refractivity contribution >= 4 is 5.82 Å². The Bertz CT molecular complexity index is 290. The Hall–Kier alpha value is -0.990. The summed E-state index contributed by atoms with van der Waals surface area (Å²) in [7, 11) is 0. The topological polar surface area (TPSA) is 21.1 Å². The van der Waals surface area contributed by atoms with Gasteiger partial charge in [0.2, 0.25) is 0 Å². The van der Waals surface area contributed by atoms with E-state index in [2.05, 4.69) is 41.5 Å². The first-order valence-corrected chi connectivity index (χ1v) is 5.00. The monoisotopic (exact) mass is 179 g/mol. The number of aromatic nitrogens is 2. The van der Waals surface area contributed by atoms with Crippen LogP contribution in [0.4, 0.5) is 5.82 Å². The lowest BCUT2D eigenvalue weighted by atomic mass is 10.1. The van der Waals surface area contributed by atoms with E-state index in [4.69, 9.17) is 0 Å². The average Bonchev–Trinajstić information content (AvgIpc) is 2.53. The Kier molecular flexibility index (Phi) is 2.02. The first-order chi connectivity index (χ1) is 6.20. The van der Waals surface area contributed by atoms with Crippen molar-refractivity contribution in [3.8, 4) is 0 Å². The molecule has 2 rings (SSSR count). The van der Waals surface area contributed by atoms with Gasteiger partial charge in [-0.15, -0.1) is 0 Å². The third-order valence-electron chi connectivity index (χ3n) is 2.77. The van der Waals surface area contributed by atoms with E-state index in [1.165, 1.54) is 12.2 Å². The number of fused-ring (bicyclic) bond motifs is 1. The van der Waals surface area contributed by atoms with E-state index in [0.29, 0.717) is 12.1 Å². The molecule has 0 fully saturated rings. The summed E-state index contributed by atoms with van der Waals surface area (Å²) < 4.78 is 2.13. The quantitative estimate of drug-likeness (QED) is 0.658. The number of nitrogens with zero attached hydrogens (tertiary/aromatic N) is 3. The van der Waals surface area contributed by atoms with Crippen LogP contribution in [0.15, 0.2) is 12.3 Å². The van der Waals surface area contributed by atoms with Crippen LogP contribution in [0.5, 0.6) is 0 Å². The maximum atomic E-state index is 4.35. The molecule has 0 aromatic carbocycles. The highest BCUT2D eigenvalue weighted by Gasteiger charge is 2.23. The minimum atomic E-state index is 0.556. The van der Waals surface area contributed by atoms with Crippen molar-refractivity contribution < 1.29 is 0 Å². The zero-order valence-corrected chi connectivity index (χ0v) is 8.57. The van der Waals surface area contributed by atoms with E-state index >= 15 is 0 Å². The zero-order chi connectivity index (χ0) is 9.42. The zero-order valence-electron chi connectivity index (χ0n) is 8.57. The lowest BCUT2D eigenvalue weighted by Gasteiger charge is -2.35. The van der Waals surface area contributed by atoms with E-state index in [1.807, 2.05) is 6.20 Å². The molecule has 0 spiro atoms. The summed E-state index contributed by atoms with van der Waals surface area (Å²) in [6.45, 7) is 7.85. The van der Waals surface area contributed by atoms with Crippen molar-refractivity contribution in [2.75, 3.05) is 11.4 Å². The summed E-state index contributed by atoms with van der Waals surface area (Å²) >= 11 is 0. The largest absolute Gasteiger partial charge is 0.354 e. The lowest BCUT2D eigenvalue weighted by Crippen LogP contribution is -2.38. The number of anilines is 1. The van der Waals surface area contributed by atoms with E-state index in [1.54, 1.807) is 0 Å². The molecule has 3 nitrogen and oxygen atoms in total. The second-order valence-electron chi connectivity index (χ2n) is 4.06. The van der Waals surface area contributed by atoms with Crippen LogP contribution < -0.4 is 4.90 Å². The minimum absolute atomic E-state index is 0.556. The molecule has 1 atom stereocenters. The molecular weight excluding hydrogens is 162 g/mol. The van der Waals surface area contributed by atoms with Crippen LogP contribution in [-0.2, 0) is 0 Å². The van der Waals surface area contributed by atoms with Crippen LogP contribution in [0.25, 0.3) is 0 Å². The van der Waals surface area contributed by atoms with Crippen molar-refractivity contribution in [3.05, 3.63) is 12.3 Å². The molecule has 1 aliphatic rings. The standard InChI is InChI=1S/C10H17N3/c1-8(2)12-7-5-9(3)13-10(12)4-6-11-13/h4,6,8-9H,5,7H2,1-3H3/t9-/m1/s1. The molecule has 1 aliphatic heterocycles. The van der Waals surface area contributed by atoms with Gasteiger partial charge in [-0.05, 0) is 27.2 Å². The second kappa shape index (κ2) is 3.05. The molecule has 3 heteroatoms. The lowest BCUT2D eigenvalue weighted by molar-refractivity contribution is 0.410. The molecule has 0 saturated carbocycles. The molecule has 0 radical (unpaired) electrons. The van der Waals surface area contributed by atoms with E-state index in [9.17, 15) is 0 Å². The summed E-state index contributed by atoms with van der Waals surface area (Å²) in [5.74, 6) is 1.27.